The SMILES string of the molecule is CC1CCN(c2c(C=C3SC(=S)N(C(C)c4ccccc4)C3=O)c(=O)n(C)c3ccccc23)CC1. The Balaban J connectivity index is 1.62. The molecule has 0 aliphatic carbocycles. The van der Waals surface area contributed by atoms with Gasteiger partial charge >= 0.3 is 0 Å². The van der Waals surface area contributed by atoms with Crippen LogP contribution in [0.15, 0.2) is 64.3 Å². The summed E-state index contributed by atoms with van der Waals surface area (Å²) in [6.45, 7) is 6.05. The highest BCUT2D eigenvalue weighted by Crippen LogP contribution is 2.40. The van der Waals surface area contributed by atoms with Gasteiger partial charge in [0.25, 0.3) is 11.5 Å². The number of aryl methyl sites for hydroxylation is 1. The number of thioether (sulfide) groups is 1. The monoisotopic (exact) mass is 503 g/mol. The van der Waals surface area contributed by atoms with Gasteiger partial charge in [-0.05, 0) is 43.4 Å². The van der Waals surface area contributed by atoms with Crippen LogP contribution < -0.4 is 10.5 Å². The van der Waals surface area contributed by atoms with Gasteiger partial charge in [0.1, 0.15) is 4.32 Å². The van der Waals surface area contributed by atoms with Gasteiger partial charge in [0.2, 0.25) is 0 Å². The average Bonchev–Trinajstić information content (AvgIpc) is 3.16. The van der Waals surface area contributed by atoms with Crippen molar-refractivity contribution in [1.82, 2.24) is 9.47 Å². The quantitative estimate of drug-likeness (QED) is 0.336. The van der Waals surface area contributed by atoms with Crippen LogP contribution in [-0.2, 0) is 11.8 Å². The van der Waals surface area contributed by atoms with Gasteiger partial charge in [-0.3, -0.25) is 14.5 Å². The summed E-state index contributed by atoms with van der Waals surface area (Å²) in [4.78, 5) is 31.7. The van der Waals surface area contributed by atoms with Crippen LogP contribution in [0, 0.1) is 5.92 Å². The number of pyridine rings is 1. The number of hydrogen-bond donors (Lipinski definition) is 0. The summed E-state index contributed by atoms with van der Waals surface area (Å²) in [5.74, 6) is 0.521. The second kappa shape index (κ2) is 9.63. The highest BCUT2D eigenvalue weighted by Gasteiger charge is 2.36. The van der Waals surface area contributed by atoms with Crippen LogP contribution in [0.25, 0.3) is 17.0 Å². The number of anilines is 1. The van der Waals surface area contributed by atoms with Crippen LogP contribution in [0.2, 0.25) is 0 Å². The fourth-order valence-electron chi connectivity index (χ4n) is 5.03. The summed E-state index contributed by atoms with van der Waals surface area (Å²) in [5, 5.41) is 1.03. The van der Waals surface area contributed by atoms with E-state index in [-0.39, 0.29) is 17.5 Å². The fourth-order valence-corrected chi connectivity index (χ4v) is 6.43. The van der Waals surface area contributed by atoms with Crippen molar-refractivity contribution in [1.29, 1.82) is 0 Å². The molecule has 1 atom stereocenters. The number of rotatable bonds is 4. The predicted molar refractivity (Wildman–Crippen MR) is 150 cm³/mol. The smallest absolute Gasteiger partial charge is 0.266 e. The molecule has 0 saturated carbocycles. The maximum absolute atomic E-state index is 13.6. The predicted octanol–water partition coefficient (Wildman–Crippen LogP) is 5.74. The zero-order chi connectivity index (χ0) is 24.7. The number of amides is 1. The number of aromatic nitrogens is 1. The lowest BCUT2D eigenvalue weighted by Crippen LogP contribution is -2.35. The number of carbonyl (C=O) groups excluding carboxylic acids is 1. The van der Waals surface area contributed by atoms with Gasteiger partial charge in [0.05, 0.1) is 27.7 Å². The van der Waals surface area contributed by atoms with E-state index >= 15 is 0 Å². The highest BCUT2D eigenvalue weighted by molar-refractivity contribution is 8.26. The van der Waals surface area contributed by atoms with Crippen LogP contribution in [0.3, 0.4) is 0 Å². The van der Waals surface area contributed by atoms with E-state index in [0.717, 1.165) is 48.1 Å². The number of fused-ring (bicyclic) bond motifs is 1. The van der Waals surface area contributed by atoms with Crippen molar-refractivity contribution >= 4 is 56.9 Å². The second-order valence-electron chi connectivity index (χ2n) is 9.45. The van der Waals surface area contributed by atoms with Crippen molar-refractivity contribution in [2.45, 2.75) is 32.7 Å². The van der Waals surface area contributed by atoms with Crippen LogP contribution >= 0.6 is 24.0 Å². The largest absolute Gasteiger partial charge is 0.370 e. The molecule has 2 fully saturated rings. The first kappa shape index (κ1) is 23.8. The molecule has 1 amide bonds. The highest BCUT2D eigenvalue weighted by atomic mass is 32.2. The molecule has 5 rings (SSSR count). The Kier molecular flexibility index (Phi) is 6.55. The molecule has 0 radical (unpaired) electrons. The van der Waals surface area contributed by atoms with Gasteiger partial charge in [-0.2, -0.15) is 0 Å². The van der Waals surface area contributed by atoms with Crippen molar-refractivity contribution in [3.05, 3.63) is 81.0 Å². The Morgan fingerprint density at radius 3 is 2.40 bits per heavy atom. The van der Waals surface area contributed by atoms with Crippen LogP contribution in [0.1, 0.15) is 43.9 Å². The molecule has 2 saturated heterocycles. The number of para-hydroxylation sites is 1. The molecule has 3 heterocycles. The maximum atomic E-state index is 13.6. The third kappa shape index (κ3) is 4.32. The molecule has 5 nitrogen and oxygen atoms in total. The molecule has 180 valence electrons. The van der Waals surface area contributed by atoms with Crippen LogP contribution in [0.4, 0.5) is 5.69 Å². The van der Waals surface area contributed by atoms with Crippen molar-refractivity contribution in [2.75, 3.05) is 18.0 Å². The molecular formula is C28H29N3O2S2. The Labute approximate surface area is 215 Å². The molecule has 0 bridgehead atoms. The molecule has 35 heavy (non-hydrogen) atoms. The van der Waals surface area contributed by atoms with Crippen molar-refractivity contribution in [3.63, 3.8) is 0 Å². The number of nitrogens with zero attached hydrogens (tertiary/aromatic N) is 3. The minimum absolute atomic E-state index is 0.0984. The summed E-state index contributed by atoms with van der Waals surface area (Å²) in [7, 11) is 1.80. The summed E-state index contributed by atoms with van der Waals surface area (Å²) in [6, 6.07) is 17.7. The second-order valence-corrected chi connectivity index (χ2v) is 11.1. The van der Waals surface area contributed by atoms with Crippen molar-refractivity contribution in [3.8, 4) is 0 Å². The topological polar surface area (TPSA) is 45.6 Å². The summed E-state index contributed by atoms with van der Waals surface area (Å²) in [6.07, 6.45) is 3.94. The van der Waals surface area contributed by atoms with E-state index in [1.807, 2.05) is 55.5 Å². The minimum atomic E-state index is -0.183. The van der Waals surface area contributed by atoms with E-state index in [4.69, 9.17) is 12.2 Å². The molecule has 2 aliphatic heterocycles. The molecule has 0 N–H and O–H groups in total. The zero-order valence-electron chi connectivity index (χ0n) is 20.2. The first-order valence-electron chi connectivity index (χ1n) is 12.1. The molecule has 2 aromatic carbocycles. The standard InChI is InChI=1S/C28H29N3O2S2/c1-18-13-15-30(16-14-18)25-21-11-7-8-12-23(21)29(3)26(32)22(25)17-24-27(33)31(28(34)35-24)19(2)20-9-5-4-6-10-20/h4-12,17-19H,13-16H2,1-3H3. The number of carbonyl (C=O) groups is 1. The molecule has 0 spiro atoms. The zero-order valence-corrected chi connectivity index (χ0v) is 21.9. The molecular weight excluding hydrogens is 474 g/mol. The molecule has 3 aromatic rings. The lowest BCUT2D eigenvalue weighted by Gasteiger charge is -2.34. The molecule has 1 aromatic heterocycles. The Bertz CT molecular complexity index is 1390. The van der Waals surface area contributed by atoms with E-state index in [9.17, 15) is 9.59 Å². The number of hydrogen-bond acceptors (Lipinski definition) is 5. The van der Waals surface area contributed by atoms with Gasteiger partial charge in [-0.1, -0.05) is 79.4 Å². The van der Waals surface area contributed by atoms with E-state index in [2.05, 4.69) is 17.9 Å². The van der Waals surface area contributed by atoms with Crippen LogP contribution in [0.5, 0.6) is 0 Å². The van der Waals surface area contributed by atoms with E-state index in [0.29, 0.717) is 20.7 Å². The summed E-state index contributed by atoms with van der Waals surface area (Å²) in [5.41, 5.74) is 3.31. The Hall–Kier alpha value is -2.90. The summed E-state index contributed by atoms with van der Waals surface area (Å²) >= 11 is 6.90. The fraction of sp³-hybridized carbons (Fsp3) is 0.321. The summed E-state index contributed by atoms with van der Waals surface area (Å²) < 4.78 is 2.20. The Morgan fingerprint density at radius 1 is 1.03 bits per heavy atom. The van der Waals surface area contributed by atoms with Gasteiger partial charge in [0.15, 0.2) is 0 Å². The number of piperidine rings is 1. The third-order valence-electron chi connectivity index (χ3n) is 7.18. The third-order valence-corrected chi connectivity index (χ3v) is 8.51. The maximum Gasteiger partial charge on any atom is 0.266 e. The molecule has 2 aliphatic rings. The van der Waals surface area contributed by atoms with Gasteiger partial charge < -0.3 is 9.47 Å². The van der Waals surface area contributed by atoms with E-state index in [1.165, 1.54) is 11.8 Å². The van der Waals surface area contributed by atoms with Gasteiger partial charge in [-0.25, -0.2) is 0 Å². The molecule has 7 heteroatoms. The number of thiocarbonyl (C=S) groups is 1. The minimum Gasteiger partial charge on any atom is -0.370 e. The lowest BCUT2D eigenvalue weighted by atomic mass is 9.97. The Morgan fingerprint density at radius 2 is 1.69 bits per heavy atom. The van der Waals surface area contributed by atoms with E-state index in [1.54, 1.807) is 22.6 Å². The van der Waals surface area contributed by atoms with Crippen molar-refractivity contribution in [2.24, 2.45) is 13.0 Å². The first-order chi connectivity index (χ1) is 16.9. The van der Waals surface area contributed by atoms with Gasteiger partial charge in [-0.15, -0.1) is 0 Å². The van der Waals surface area contributed by atoms with Crippen molar-refractivity contribution < 1.29 is 4.79 Å². The number of benzene rings is 2. The van der Waals surface area contributed by atoms with Crippen LogP contribution in [-0.4, -0.2) is 32.8 Å². The molecule has 1 unspecified atom stereocenters. The van der Waals surface area contributed by atoms with E-state index < -0.39 is 0 Å². The normalized spacial score (nSPS) is 19.2. The average molecular weight is 504 g/mol. The first-order valence-corrected chi connectivity index (χ1v) is 13.3. The van der Waals surface area contributed by atoms with Gasteiger partial charge in [0, 0.05) is 25.5 Å². The lowest BCUT2D eigenvalue weighted by molar-refractivity contribution is -0.123.